The molecule has 0 heterocycles. The fourth-order valence-corrected chi connectivity index (χ4v) is 2.25. The van der Waals surface area contributed by atoms with Crippen molar-refractivity contribution < 1.29 is 14.4 Å². The lowest BCUT2D eigenvalue weighted by Gasteiger charge is -2.08. The van der Waals surface area contributed by atoms with Gasteiger partial charge in [0.15, 0.2) is 0 Å². The van der Waals surface area contributed by atoms with Crippen LogP contribution >= 0.6 is 11.8 Å². The summed E-state index contributed by atoms with van der Waals surface area (Å²) in [6, 6.07) is 3.48. The van der Waals surface area contributed by atoms with E-state index in [9.17, 15) is 14.5 Å². The van der Waals surface area contributed by atoms with Gasteiger partial charge in [-0.3, -0.25) is 10.1 Å². The monoisotopic (exact) mass is 245 g/mol. The highest BCUT2D eigenvalue weighted by atomic mass is 32.2. The van der Waals surface area contributed by atoms with Crippen LogP contribution in [0.1, 0.15) is 13.3 Å². The van der Waals surface area contributed by atoms with Gasteiger partial charge >= 0.3 is 0 Å². The highest BCUT2D eigenvalue weighted by molar-refractivity contribution is 7.99. The highest BCUT2D eigenvalue weighted by Gasteiger charge is 2.12. The molecule has 1 aromatic carbocycles. The topological polar surface area (TPSA) is 63.4 Å². The minimum atomic E-state index is -0.621. The quantitative estimate of drug-likeness (QED) is 0.492. The Hall–Kier alpha value is -1.14. The second kappa shape index (κ2) is 5.81. The summed E-state index contributed by atoms with van der Waals surface area (Å²) in [7, 11) is 0. The molecule has 0 saturated heterocycles. The molecule has 1 unspecified atom stereocenters. The first-order valence-corrected chi connectivity index (χ1v) is 5.63. The third-order valence-corrected chi connectivity index (χ3v) is 3.09. The van der Waals surface area contributed by atoms with Crippen LogP contribution in [0.2, 0.25) is 0 Å². The number of hydrogen-bond acceptors (Lipinski definition) is 4. The van der Waals surface area contributed by atoms with E-state index >= 15 is 0 Å². The zero-order valence-electron chi connectivity index (χ0n) is 8.72. The van der Waals surface area contributed by atoms with E-state index in [1.54, 1.807) is 0 Å². The third-order valence-electron chi connectivity index (χ3n) is 1.94. The molecule has 1 atom stereocenters. The van der Waals surface area contributed by atoms with Crippen molar-refractivity contribution in [2.24, 2.45) is 0 Å². The fraction of sp³-hybridized carbons (Fsp3) is 0.400. The van der Waals surface area contributed by atoms with Gasteiger partial charge in [0, 0.05) is 22.8 Å². The summed E-state index contributed by atoms with van der Waals surface area (Å²) in [4.78, 5) is 10.4. The van der Waals surface area contributed by atoms with Crippen LogP contribution in [0.5, 0.6) is 0 Å². The smallest absolute Gasteiger partial charge is 0.273 e. The molecule has 4 nitrogen and oxygen atoms in total. The number of benzene rings is 1. The Balaban J connectivity index is 2.84. The first-order chi connectivity index (χ1) is 7.52. The van der Waals surface area contributed by atoms with Crippen molar-refractivity contribution in [3.05, 3.63) is 34.1 Å². The van der Waals surface area contributed by atoms with Crippen molar-refractivity contribution >= 4 is 17.4 Å². The molecule has 1 aromatic rings. The van der Waals surface area contributed by atoms with Crippen LogP contribution in [0.3, 0.4) is 0 Å². The van der Waals surface area contributed by atoms with E-state index in [0.29, 0.717) is 11.3 Å². The molecular formula is C10H12FNO3S. The molecule has 1 rings (SSSR count). The Morgan fingerprint density at radius 3 is 2.81 bits per heavy atom. The normalized spacial score (nSPS) is 12.4. The summed E-state index contributed by atoms with van der Waals surface area (Å²) in [6.07, 6.45) is 0.564. The zero-order chi connectivity index (χ0) is 12.1. The molecule has 1 N–H and O–H groups in total. The van der Waals surface area contributed by atoms with Crippen LogP contribution in [0.4, 0.5) is 10.1 Å². The summed E-state index contributed by atoms with van der Waals surface area (Å²) >= 11 is 1.31. The van der Waals surface area contributed by atoms with Gasteiger partial charge in [0.1, 0.15) is 5.82 Å². The molecule has 0 bridgehead atoms. The van der Waals surface area contributed by atoms with E-state index in [-0.39, 0.29) is 17.5 Å². The van der Waals surface area contributed by atoms with Crippen LogP contribution in [0, 0.1) is 15.9 Å². The molecule has 0 fully saturated rings. The number of nitro benzene ring substituents is 1. The summed E-state index contributed by atoms with van der Waals surface area (Å²) in [6.45, 7) is 1.92. The number of nitrogens with zero attached hydrogens (tertiary/aromatic N) is 1. The van der Waals surface area contributed by atoms with Gasteiger partial charge in [-0.1, -0.05) is 6.92 Å². The third kappa shape index (κ3) is 3.79. The molecule has 88 valence electrons. The van der Waals surface area contributed by atoms with Crippen molar-refractivity contribution in [3.8, 4) is 0 Å². The van der Waals surface area contributed by atoms with Gasteiger partial charge in [0.25, 0.3) is 5.69 Å². The molecule has 0 aliphatic carbocycles. The predicted molar refractivity (Wildman–Crippen MR) is 60.1 cm³/mol. The molecular weight excluding hydrogens is 233 g/mol. The van der Waals surface area contributed by atoms with Crippen molar-refractivity contribution in [3.63, 3.8) is 0 Å². The number of aliphatic hydroxyl groups is 1. The van der Waals surface area contributed by atoms with Gasteiger partial charge in [-0.2, -0.15) is 0 Å². The lowest BCUT2D eigenvalue weighted by Crippen LogP contribution is -1.99. The number of thioether (sulfide) groups is 1. The first-order valence-electron chi connectivity index (χ1n) is 4.75. The lowest BCUT2D eigenvalue weighted by atomic mass is 10.3. The average molecular weight is 245 g/mol. The van der Waals surface area contributed by atoms with Crippen LogP contribution in [-0.4, -0.2) is 21.9 Å². The Morgan fingerprint density at radius 1 is 1.56 bits per heavy atom. The summed E-state index contributed by atoms with van der Waals surface area (Å²) in [5, 5.41) is 19.3. The fourth-order valence-electron chi connectivity index (χ4n) is 1.19. The van der Waals surface area contributed by atoms with Gasteiger partial charge in [-0.05, 0) is 12.5 Å². The van der Waals surface area contributed by atoms with E-state index < -0.39 is 10.7 Å². The Bertz CT molecular complexity index is 386. The van der Waals surface area contributed by atoms with Crippen LogP contribution in [0.25, 0.3) is 0 Å². The number of rotatable bonds is 5. The predicted octanol–water partition coefficient (Wildman–Crippen LogP) is 2.60. The largest absolute Gasteiger partial charge is 0.396 e. The number of halogens is 1. The molecule has 0 spiro atoms. The molecule has 16 heavy (non-hydrogen) atoms. The molecule has 0 aliphatic rings. The second-order valence-corrected chi connectivity index (χ2v) is 4.85. The minimum absolute atomic E-state index is 0.0472. The van der Waals surface area contributed by atoms with Crippen molar-refractivity contribution in [2.75, 3.05) is 6.61 Å². The van der Waals surface area contributed by atoms with Gasteiger partial charge in [-0.15, -0.1) is 11.8 Å². The van der Waals surface area contributed by atoms with Crippen LogP contribution in [0.15, 0.2) is 23.1 Å². The van der Waals surface area contributed by atoms with Crippen LogP contribution < -0.4 is 0 Å². The summed E-state index contributed by atoms with van der Waals surface area (Å²) in [5.41, 5.74) is -0.251. The Kier molecular flexibility index (Phi) is 4.70. The number of nitro groups is 1. The Morgan fingerprint density at radius 2 is 2.25 bits per heavy atom. The molecule has 0 radical (unpaired) electrons. The molecule has 6 heteroatoms. The lowest BCUT2D eigenvalue weighted by molar-refractivity contribution is -0.385. The van der Waals surface area contributed by atoms with Gasteiger partial charge in [0.2, 0.25) is 0 Å². The number of non-ortho nitro benzene ring substituents is 1. The summed E-state index contributed by atoms with van der Waals surface area (Å²) < 4.78 is 13.1. The van der Waals surface area contributed by atoms with Crippen molar-refractivity contribution in [2.45, 2.75) is 23.5 Å². The maximum absolute atomic E-state index is 13.1. The molecule has 0 saturated carbocycles. The van der Waals surface area contributed by atoms with E-state index in [4.69, 9.17) is 5.11 Å². The molecule has 0 aliphatic heterocycles. The SMILES string of the molecule is CC(CCO)Sc1cc(F)cc([N+](=O)[O-])c1. The average Bonchev–Trinajstić information content (AvgIpc) is 2.16. The van der Waals surface area contributed by atoms with E-state index in [1.807, 2.05) is 6.92 Å². The van der Waals surface area contributed by atoms with E-state index in [2.05, 4.69) is 0 Å². The molecule has 0 amide bonds. The second-order valence-electron chi connectivity index (χ2n) is 3.34. The molecule has 0 aromatic heterocycles. The van der Waals surface area contributed by atoms with E-state index in [1.165, 1.54) is 23.9 Å². The standard InChI is InChI=1S/C10H12FNO3S/c1-7(2-3-13)16-10-5-8(11)4-9(6-10)12(14)15/h4-7,13H,2-3H2,1H3. The first kappa shape index (κ1) is 12.9. The van der Waals surface area contributed by atoms with E-state index in [0.717, 1.165) is 6.07 Å². The van der Waals surface area contributed by atoms with Crippen molar-refractivity contribution in [1.29, 1.82) is 0 Å². The number of hydrogen-bond donors (Lipinski definition) is 1. The van der Waals surface area contributed by atoms with Crippen molar-refractivity contribution in [1.82, 2.24) is 0 Å². The number of aliphatic hydroxyl groups excluding tert-OH is 1. The van der Waals surface area contributed by atoms with Gasteiger partial charge in [0.05, 0.1) is 11.0 Å². The minimum Gasteiger partial charge on any atom is -0.396 e. The van der Waals surface area contributed by atoms with Gasteiger partial charge < -0.3 is 5.11 Å². The summed E-state index contributed by atoms with van der Waals surface area (Å²) in [5.74, 6) is -0.618. The maximum Gasteiger partial charge on any atom is 0.273 e. The Labute approximate surface area is 96.6 Å². The van der Waals surface area contributed by atoms with Crippen LogP contribution in [-0.2, 0) is 0 Å². The maximum atomic E-state index is 13.1. The zero-order valence-corrected chi connectivity index (χ0v) is 9.54. The highest BCUT2D eigenvalue weighted by Crippen LogP contribution is 2.29. The van der Waals surface area contributed by atoms with Gasteiger partial charge in [-0.25, -0.2) is 4.39 Å².